The summed E-state index contributed by atoms with van der Waals surface area (Å²) < 4.78 is 0. The molecule has 0 radical (unpaired) electrons. The quantitative estimate of drug-likeness (QED) is 0.477. The number of hydrogen-bond donors (Lipinski definition) is 3. The van der Waals surface area contributed by atoms with Gasteiger partial charge in [-0.25, -0.2) is 9.97 Å². The highest BCUT2D eigenvalue weighted by atomic mass is 16.3. The zero-order chi connectivity index (χ0) is 24.1. The number of aryl methyl sites for hydroxylation is 2. The number of hydrogen-bond acceptors (Lipinski definition) is 6. The van der Waals surface area contributed by atoms with Crippen LogP contribution in [-0.2, 0) is 16.1 Å². The molecule has 8 heteroatoms. The summed E-state index contributed by atoms with van der Waals surface area (Å²) in [6, 6.07) is 18.5. The molecule has 0 bridgehead atoms. The van der Waals surface area contributed by atoms with E-state index in [-0.39, 0.29) is 24.8 Å². The number of amides is 2. The maximum absolute atomic E-state index is 12.7. The Morgan fingerprint density at radius 2 is 1.71 bits per heavy atom. The molecule has 1 saturated heterocycles. The van der Waals surface area contributed by atoms with E-state index in [1.165, 1.54) is 0 Å². The normalized spacial score (nSPS) is 16.4. The van der Waals surface area contributed by atoms with E-state index in [9.17, 15) is 14.7 Å². The van der Waals surface area contributed by atoms with Crippen LogP contribution in [0.25, 0.3) is 0 Å². The second-order valence-electron chi connectivity index (χ2n) is 8.61. The van der Waals surface area contributed by atoms with Crippen molar-refractivity contribution in [2.75, 3.05) is 23.7 Å². The van der Waals surface area contributed by atoms with Crippen LogP contribution in [0, 0.1) is 19.8 Å². The Balaban J connectivity index is 1.28. The SMILES string of the molecule is Cc1cc(C)nc(CNc2ccc(NC(=O)C3CC(=O)N(CC(O)c4ccccc4)C3)cc2)n1. The molecule has 3 aromatic rings. The summed E-state index contributed by atoms with van der Waals surface area (Å²) in [6.07, 6.45) is -0.635. The lowest BCUT2D eigenvalue weighted by Crippen LogP contribution is -2.31. The zero-order valence-electron chi connectivity index (χ0n) is 19.4. The summed E-state index contributed by atoms with van der Waals surface area (Å²) in [7, 11) is 0. The van der Waals surface area contributed by atoms with Gasteiger partial charge in [0.2, 0.25) is 11.8 Å². The molecule has 8 nitrogen and oxygen atoms in total. The van der Waals surface area contributed by atoms with Crippen molar-refractivity contribution in [2.24, 2.45) is 5.92 Å². The molecule has 0 saturated carbocycles. The first-order valence-corrected chi connectivity index (χ1v) is 11.3. The molecule has 2 amide bonds. The standard InChI is InChI=1S/C26H29N5O3/c1-17-12-18(2)29-24(28-17)14-27-21-8-10-22(11-9-21)30-26(34)20-13-25(33)31(15-20)16-23(32)19-6-4-3-5-7-19/h3-12,20,23,27,32H,13-16H2,1-2H3,(H,30,34). The number of nitrogens with zero attached hydrogens (tertiary/aromatic N) is 3. The molecule has 2 aromatic carbocycles. The third-order valence-electron chi connectivity index (χ3n) is 5.79. The van der Waals surface area contributed by atoms with Crippen molar-refractivity contribution in [2.45, 2.75) is 32.9 Å². The first-order chi connectivity index (χ1) is 16.4. The van der Waals surface area contributed by atoms with Gasteiger partial charge in [0.25, 0.3) is 0 Å². The predicted octanol–water partition coefficient (Wildman–Crippen LogP) is 3.23. The average molecular weight is 460 g/mol. The summed E-state index contributed by atoms with van der Waals surface area (Å²) in [5, 5.41) is 16.6. The molecule has 4 rings (SSSR count). The Kier molecular flexibility index (Phi) is 7.18. The molecule has 1 aromatic heterocycles. The lowest BCUT2D eigenvalue weighted by Gasteiger charge is -2.20. The number of carbonyl (C=O) groups excluding carboxylic acids is 2. The number of nitrogens with one attached hydrogen (secondary N) is 2. The van der Waals surface area contributed by atoms with Gasteiger partial charge in [-0.3, -0.25) is 9.59 Å². The smallest absolute Gasteiger partial charge is 0.229 e. The summed E-state index contributed by atoms with van der Waals surface area (Å²) in [4.78, 5) is 35.5. The number of aliphatic hydroxyl groups is 1. The fourth-order valence-electron chi connectivity index (χ4n) is 4.09. The van der Waals surface area contributed by atoms with Gasteiger partial charge in [-0.15, -0.1) is 0 Å². The van der Waals surface area contributed by atoms with Gasteiger partial charge in [0, 0.05) is 35.7 Å². The summed E-state index contributed by atoms with van der Waals surface area (Å²) >= 11 is 0. The first kappa shape index (κ1) is 23.4. The van der Waals surface area contributed by atoms with E-state index in [2.05, 4.69) is 20.6 Å². The number of aromatic nitrogens is 2. The zero-order valence-corrected chi connectivity index (χ0v) is 19.4. The van der Waals surface area contributed by atoms with E-state index >= 15 is 0 Å². The van der Waals surface area contributed by atoms with Crippen LogP contribution in [0.15, 0.2) is 60.7 Å². The predicted molar refractivity (Wildman–Crippen MR) is 130 cm³/mol. The largest absolute Gasteiger partial charge is 0.387 e. The van der Waals surface area contributed by atoms with Crippen molar-refractivity contribution in [3.05, 3.63) is 83.4 Å². The fraction of sp³-hybridized carbons (Fsp3) is 0.308. The fourth-order valence-corrected chi connectivity index (χ4v) is 4.09. The molecule has 176 valence electrons. The minimum absolute atomic E-state index is 0.122. The van der Waals surface area contributed by atoms with E-state index in [0.717, 1.165) is 28.5 Å². The number of rotatable bonds is 8. The molecule has 2 atom stereocenters. The van der Waals surface area contributed by atoms with Crippen LogP contribution in [-0.4, -0.2) is 44.9 Å². The van der Waals surface area contributed by atoms with Crippen molar-refractivity contribution in [1.29, 1.82) is 0 Å². The molecule has 3 N–H and O–H groups in total. The van der Waals surface area contributed by atoms with Crippen LogP contribution < -0.4 is 10.6 Å². The van der Waals surface area contributed by atoms with Crippen LogP contribution >= 0.6 is 0 Å². The van der Waals surface area contributed by atoms with Crippen LogP contribution in [0.2, 0.25) is 0 Å². The highest BCUT2D eigenvalue weighted by Gasteiger charge is 2.35. The Morgan fingerprint density at radius 3 is 2.38 bits per heavy atom. The van der Waals surface area contributed by atoms with Crippen molar-refractivity contribution < 1.29 is 14.7 Å². The molecular weight excluding hydrogens is 430 g/mol. The summed E-state index contributed by atoms with van der Waals surface area (Å²) in [5.41, 5.74) is 4.16. The second-order valence-corrected chi connectivity index (χ2v) is 8.61. The van der Waals surface area contributed by atoms with E-state index in [4.69, 9.17) is 0 Å². The van der Waals surface area contributed by atoms with E-state index in [1.54, 1.807) is 4.90 Å². The number of benzene rings is 2. The summed E-state index contributed by atoms with van der Waals surface area (Å²) in [5.74, 6) is -0.0459. The minimum Gasteiger partial charge on any atom is -0.387 e. The van der Waals surface area contributed by atoms with Gasteiger partial charge >= 0.3 is 0 Å². The number of carbonyl (C=O) groups is 2. The molecule has 2 heterocycles. The monoisotopic (exact) mass is 459 g/mol. The van der Waals surface area contributed by atoms with Gasteiger partial charge in [0.1, 0.15) is 5.82 Å². The molecule has 1 fully saturated rings. The maximum atomic E-state index is 12.7. The topological polar surface area (TPSA) is 107 Å². The van der Waals surface area contributed by atoms with E-state index in [0.29, 0.717) is 18.8 Å². The minimum atomic E-state index is -0.777. The summed E-state index contributed by atoms with van der Waals surface area (Å²) in [6.45, 7) is 4.86. The highest BCUT2D eigenvalue weighted by Crippen LogP contribution is 2.24. The van der Waals surface area contributed by atoms with Crippen molar-refractivity contribution >= 4 is 23.2 Å². The van der Waals surface area contributed by atoms with Crippen molar-refractivity contribution in [3.63, 3.8) is 0 Å². The van der Waals surface area contributed by atoms with E-state index in [1.807, 2.05) is 74.5 Å². The lowest BCUT2D eigenvalue weighted by molar-refractivity contribution is -0.129. The van der Waals surface area contributed by atoms with Crippen molar-refractivity contribution in [1.82, 2.24) is 14.9 Å². The Hall–Kier alpha value is -3.78. The van der Waals surface area contributed by atoms with Crippen LogP contribution in [0.3, 0.4) is 0 Å². The molecular formula is C26H29N5O3. The number of likely N-dealkylation sites (tertiary alicyclic amines) is 1. The average Bonchev–Trinajstić information content (AvgIpc) is 3.19. The van der Waals surface area contributed by atoms with Gasteiger partial charge in [0.15, 0.2) is 0 Å². The molecule has 0 spiro atoms. The van der Waals surface area contributed by atoms with Gasteiger partial charge in [-0.1, -0.05) is 30.3 Å². The molecule has 0 aliphatic carbocycles. The number of anilines is 2. The highest BCUT2D eigenvalue weighted by molar-refractivity contribution is 5.97. The van der Waals surface area contributed by atoms with Gasteiger partial charge in [-0.05, 0) is 49.7 Å². The van der Waals surface area contributed by atoms with Gasteiger partial charge < -0.3 is 20.6 Å². The van der Waals surface area contributed by atoms with Crippen LogP contribution in [0.4, 0.5) is 11.4 Å². The van der Waals surface area contributed by atoms with E-state index < -0.39 is 12.0 Å². The van der Waals surface area contributed by atoms with Crippen LogP contribution in [0.1, 0.15) is 35.3 Å². The molecule has 1 aliphatic rings. The number of aliphatic hydroxyl groups excluding tert-OH is 1. The third kappa shape index (κ3) is 5.96. The number of β-amino-alcohol motifs (C(OH)–C–C–N with tert-alkyl or cyclic N) is 1. The van der Waals surface area contributed by atoms with Gasteiger partial charge in [0.05, 0.1) is 25.1 Å². The lowest BCUT2D eigenvalue weighted by atomic mass is 10.1. The first-order valence-electron chi connectivity index (χ1n) is 11.3. The van der Waals surface area contributed by atoms with Crippen molar-refractivity contribution in [3.8, 4) is 0 Å². The molecule has 34 heavy (non-hydrogen) atoms. The Bertz CT molecular complexity index is 1130. The molecule has 2 unspecified atom stereocenters. The molecule has 1 aliphatic heterocycles. The third-order valence-corrected chi connectivity index (χ3v) is 5.79. The Labute approximate surface area is 199 Å². The van der Waals surface area contributed by atoms with Crippen LogP contribution in [0.5, 0.6) is 0 Å². The maximum Gasteiger partial charge on any atom is 0.229 e. The Morgan fingerprint density at radius 1 is 1.06 bits per heavy atom. The second kappa shape index (κ2) is 10.4. The van der Waals surface area contributed by atoms with Gasteiger partial charge in [-0.2, -0.15) is 0 Å².